The van der Waals surface area contributed by atoms with E-state index in [9.17, 15) is 18.0 Å². The van der Waals surface area contributed by atoms with Gasteiger partial charge in [-0.2, -0.15) is 0 Å². The lowest BCUT2D eigenvalue weighted by atomic mass is 10.2. The van der Waals surface area contributed by atoms with Crippen molar-refractivity contribution >= 4 is 34.6 Å². The lowest BCUT2D eigenvalue weighted by Gasteiger charge is -2.10. The van der Waals surface area contributed by atoms with Crippen molar-refractivity contribution in [1.29, 1.82) is 0 Å². The standard InChI is InChI=1S/C18H11ClF3N3O/c19-12-8-10(4-5-13(12)20)24-11-6-7-23-16(9-11)18(26)25-17-14(21)2-1-3-15(17)22/h1-9H,(H,23,24)(H,25,26). The Kier molecular flexibility index (Phi) is 5.09. The fourth-order valence-corrected chi connectivity index (χ4v) is 2.35. The van der Waals surface area contributed by atoms with E-state index in [-0.39, 0.29) is 10.7 Å². The third-order valence-corrected chi connectivity index (χ3v) is 3.69. The van der Waals surface area contributed by atoms with Crippen LogP contribution in [0.5, 0.6) is 0 Å². The molecule has 2 aromatic carbocycles. The number of nitrogens with one attached hydrogen (secondary N) is 2. The molecule has 3 rings (SSSR count). The van der Waals surface area contributed by atoms with Crippen LogP contribution in [-0.2, 0) is 0 Å². The maximum atomic E-state index is 13.6. The highest BCUT2D eigenvalue weighted by molar-refractivity contribution is 6.31. The minimum absolute atomic E-state index is 0.0583. The van der Waals surface area contributed by atoms with Gasteiger partial charge in [0.2, 0.25) is 0 Å². The molecule has 0 aliphatic heterocycles. The van der Waals surface area contributed by atoms with Gasteiger partial charge in [0.05, 0.1) is 5.02 Å². The predicted molar refractivity (Wildman–Crippen MR) is 93.2 cm³/mol. The molecular formula is C18H11ClF3N3O. The number of carbonyl (C=O) groups is 1. The first kappa shape index (κ1) is 17.8. The summed E-state index contributed by atoms with van der Waals surface area (Å²) in [4.78, 5) is 16.1. The Morgan fingerprint density at radius 2 is 1.62 bits per heavy atom. The van der Waals surface area contributed by atoms with E-state index >= 15 is 0 Å². The summed E-state index contributed by atoms with van der Waals surface area (Å²) in [5.41, 5.74) is 0.338. The van der Waals surface area contributed by atoms with Crippen molar-refractivity contribution in [2.24, 2.45) is 0 Å². The Morgan fingerprint density at radius 1 is 0.923 bits per heavy atom. The molecule has 1 aromatic heterocycles. The molecule has 0 fully saturated rings. The Labute approximate surface area is 151 Å². The molecule has 3 aromatic rings. The SMILES string of the molecule is O=C(Nc1c(F)cccc1F)c1cc(Nc2ccc(F)c(Cl)c2)ccn1. The van der Waals surface area contributed by atoms with Crippen molar-refractivity contribution in [1.82, 2.24) is 4.98 Å². The molecule has 0 saturated carbocycles. The lowest BCUT2D eigenvalue weighted by molar-refractivity contribution is 0.102. The Balaban J connectivity index is 1.80. The maximum absolute atomic E-state index is 13.6. The van der Waals surface area contributed by atoms with Crippen LogP contribution in [0.25, 0.3) is 0 Å². The Morgan fingerprint density at radius 3 is 2.31 bits per heavy atom. The van der Waals surface area contributed by atoms with E-state index in [0.717, 1.165) is 12.1 Å². The van der Waals surface area contributed by atoms with E-state index in [2.05, 4.69) is 15.6 Å². The van der Waals surface area contributed by atoms with Crippen LogP contribution < -0.4 is 10.6 Å². The maximum Gasteiger partial charge on any atom is 0.274 e. The normalized spacial score (nSPS) is 10.5. The monoisotopic (exact) mass is 377 g/mol. The zero-order chi connectivity index (χ0) is 18.7. The smallest absolute Gasteiger partial charge is 0.274 e. The van der Waals surface area contributed by atoms with Gasteiger partial charge in [-0.25, -0.2) is 13.2 Å². The quantitative estimate of drug-likeness (QED) is 0.661. The second-order valence-electron chi connectivity index (χ2n) is 5.23. The number of hydrogen-bond donors (Lipinski definition) is 2. The van der Waals surface area contributed by atoms with Gasteiger partial charge in [-0.15, -0.1) is 0 Å². The number of benzene rings is 2. The number of pyridine rings is 1. The van der Waals surface area contributed by atoms with Gasteiger partial charge in [0.25, 0.3) is 5.91 Å². The molecule has 4 nitrogen and oxygen atoms in total. The van der Waals surface area contributed by atoms with Gasteiger partial charge in [0, 0.05) is 17.6 Å². The van der Waals surface area contributed by atoms with Crippen LogP contribution in [0.2, 0.25) is 5.02 Å². The van der Waals surface area contributed by atoms with E-state index in [4.69, 9.17) is 11.6 Å². The average molecular weight is 378 g/mol. The van der Waals surface area contributed by atoms with Crippen molar-refractivity contribution in [3.8, 4) is 0 Å². The van der Waals surface area contributed by atoms with Gasteiger partial charge in [0.1, 0.15) is 28.8 Å². The summed E-state index contributed by atoms with van der Waals surface area (Å²) in [7, 11) is 0. The summed E-state index contributed by atoms with van der Waals surface area (Å²) in [6, 6.07) is 10.2. The third kappa shape index (κ3) is 3.94. The molecule has 0 spiro atoms. The Bertz CT molecular complexity index is 961. The molecule has 8 heteroatoms. The van der Waals surface area contributed by atoms with Crippen molar-refractivity contribution in [3.05, 3.63) is 82.9 Å². The summed E-state index contributed by atoms with van der Waals surface area (Å²) in [5.74, 6) is -3.13. The molecule has 0 saturated heterocycles. The van der Waals surface area contributed by atoms with Gasteiger partial charge >= 0.3 is 0 Å². The van der Waals surface area contributed by atoms with Crippen LogP contribution in [0.4, 0.5) is 30.2 Å². The lowest BCUT2D eigenvalue weighted by Crippen LogP contribution is -2.16. The minimum atomic E-state index is -0.895. The minimum Gasteiger partial charge on any atom is -0.355 e. The van der Waals surface area contributed by atoms with Gasteiger partial charge in [-0.3, -0.25) is 9.78 Å². The molecule has 0 atom stereocenters. The molecular weight excluding hydrogens is 367 g/mol. The van der Waals surface area contributed by atoms with Crippen molar-refractivity contribution < 1.29 is 18.0 Å². The summed E-state index contributed by atoms with van der Waals surface area (Å²) in [5, 5.41) is 5.03. The second-order valence-corrected chi connectivity index (χ2v) is 5.64. The number of aromatic nitrogens is 1. The van der Waals surface area contributed by atoms with Gasteiger partial charge in [0.15, 0.2) is 0 Å². The highest BCUT2D eigenvalue weighted by atomic mass is 35.5. The molecule has 2 N–H and O–H groups in total. The van der Waals surface area contributed by atoms with Gasteiger partial charge < -0.3 is 10.6 Å². The van der Waals surface area contributed by atoms with E-state index in [1.807, 2.05) is 0 Å². The molecule has 26 heavy (non-hydrogen) atoms. The number of rotatable bonds is 4. The first-order chi connectivity index (χ1) is 12.4. The average Bonchev–Trinajstić information content (AvgIpc) is 2.61. The molecule has 1 heterocycles. The molecule has 0 aliphatic rings. The van der Waals surface area contributed by atoms with Gasteiger partial charge in [-0.1, -0.05) is 17.7 Å². The fraction of sp³-hybridized carbons (Fsp3) is 0. The third-order valence-electron chi connectivity index (χ3n) is 3.40. The number of para-hydroxylation sites is 1. The largest absolute Gasteiger partial charge is 0.355 e. The van der Waals surface area contributed by atoms with E-state index in [1.165, 1.54) is 36.5 Å². The fourth-order valence-electron chi connectivity index (χ4n) is 2.17. The molecule has 132 valence electrons. The van der Waals surface area contributed by atoms with Crippen molar-refractivity contribution in [2.75, 3.05) is 10.6 Å². The number of amides is 1. The number of hydrogen-bond acceptors (Lipinski definition) is 3. The summed E-state index contributed by atoms with van der Waals surface area (Å²) in [6.45, 7) is 0. The van der Waals surface area contributed by atoms with Crippen molar-refractivity contribution in [2.45, 2.75) is 0 Å². The highest BCUT2D eigenvalue weighted by Crippen LogP contribution is 2.23. The summed E-state index contributed by atoms with van der Waals surface area (Å²) < 4.78 is 40.5. The highest BCUT2D eigenvalue weighted by Gasteiger charge is 2.14. The van der Waals surface area contributed by atoms with Crippen LogP contribution in [0, 0.1) is 17.5 Å². The molecule has 0 radical (unpaired) electrons. The molecule has 0 bridgehead atoms. The summed E-state index contributed by atoms with van der Waals surface area (Å²) >= 11 is 5.72. The molecule has 0 unspecified atom stereocenters. The van der Waals surface area contributed by atoms with E-state index in [1.54, 1.807) is 6.07 Å². The van der Waals surface area contributed by atoms with E-state index < -0.39 is 29.0 Å². The van der Waals surface area contributed by atoms with Crippen LogP contribution in [0.3, 0.4) is 0 Å². The number of nitrogens with zero attached hydrogens (tertiary/aromatic N) is 1. The van der Waals surface area contributed by atoms with Crippen LogP contribution in [0.15, 0.2) is 54.7 Å². The Hall–Kier alpha value is -3.06. The summed E-state index contributed by atoms with van der Waals surface area (Å²) in [6.07, 6.45) is 1.35. The van der Waals surface area contributed by atoms with E-state index in [0.29, 0.717) is 11.4 Å². The first-order valence-corrected chi connectivity index (χ1v) is 7.75. The number of anilines is 3. The topological polar surface area (TPSA) is 54.0 Å². The molecule has 0 aliphatic carbocycles. The van der Waals surface area contributed by atoms with Crippen LogP contribution >= 0.6 is 11.6 Å². The first-order valence-electron chi connectivity index (χ1n) is 7.37. The molecule has 1 amide bonds. The predicted octanol–water partition coefficient (Wildman–Crippen LogP) is 5.15. The zero-order valence-electron chi connectivity index (χ0n) is 13.1. The number of halogens is 4. The zero-order valence-corrected chi connectivity index (χ0v) is 13.8. The van der Waals surface area contributed by atoms with Crippen LogP contribution in [-0.4, -0.2) is 10.9 Å². The number of carbonyl (C=O) groups excluding carboxylic acids is 1. The van der Waals surface area contributed by atoms with Crippen LogP contribution in [0.1, 0.15) is 10.5 Å². The second kappa shape index (κ2) is 7.45. The van der Waals surface area contributed by atoms with Crippen molar-refractivity contribution in [3.63, 3.8) is 0 Å². The van der Waals surface area contributed by atoms with Gasteiger partial charge in [-0.05, 0) is 42.5 Å².